The van der Waals surface area contributed by atoms with Crippen molar-refractivity contribution >= 4 is 43.5 Å². The maximum atomic E-state index is 5.89. The second kappa shape index (κ2) is 4.27. The van der Waals surface area contributed by atoms with Crippen molar-refractivity contribution in [3.8, 4) is 0 Å². The van der Waals surface area contributed by atoms with Gasteiger partial charge < -0.3 is 4.57 Å². The molecule has 0 aliphatic carbocycles. The van der Waals surface area contributed by atoms with E-state index in [1.54, 1.807) is 10.9 Å². The van der Waals surface area contributed by atoms with E-state index in [0.29, 0.717) is 11.7 Å². The summed E-state index contributed by atoms with van der Waals surface area (Å²) >= 11 is 12.6. The van der Waals surface area contributed by atoms with Gasteiger partial charge >= 0.3 is 0 Å². The van der Waals surface area contributed by atoms with Gasteiger partial charge in [-0.05, 0) is 31.9 Å². The van der Waals surface area contributed by atoms with Gasteiger partial charge in [0.05, 0.1) is 6.20 Å². The van der Waals surface area contributed by atoms with Crippen molar-refractivity contribution in [1.82, 2.24) is 19.3 Å². The molecule has 0 aliphatic rings. The molecule has 0 saturated carbocycles. The number of imidazole rings is 1. The quantitative estimate of drug-likeness (QED) is 0.831. The van der Waals surface area contributed by atoms with Crippen molar-refractivity contribution in [1.29, 1.82) is 0 Å². The number of aromatic nitrogens is 4. The van der Waals surface area contributed by atoms with Gasteiger partial charge in [0.2, 0.25) is 0 Å². The summed E-state index contributed by atoms with van der Waals surface area (Å²) in [4.78, 5) is 4.20. The van der Waals surface area contributed by atoms with Crippen LogP contribution in [0.15, 0.2) is 21.5 Å². The number of rotatable bonds is 2. The Kier molecular flexibility index (Phi) is 3.18. The fourth-order valence-electron chi connectivity index (χ4n) is 1.18. The third-order valence-corrected chi connectivity index (χ3v) is 3.40. The summed E-state index contributed by atoms with van der Waals surface area (Å²) in [6.45, 7) is 0.579. The Labute approximate surface area is 109 Å². The maximum absolute atomic E-state index is 5.89. The van der Waals surface area contributed by atoms with Crippen LogP contribution in [-0.2, 0) is 13.6 Å². The van der Waals surface area contributed by atoms with Crippen LogP contribution in [0.1, 0.15) is 5.82 Å². The van der Waals surface area contributed by atoms with Crippen molar-refractivity contribution in [3.63, 3.8) is 0 Å². The lowest BCUT2D eigenvalue weighted by atomic mass is 10.6. The van der Waals surface area contributed by atoms with Crippen LogP contribution in [0.5, 0.6) is 0 Å². The first-order valence-electron chi connectivity index (χ1n) is 4.13. The highest BCUT2D eigenvalue weighted by atomic mass is 79.9. The molecule has 0 aromatic carbocycles. The summed E-state index contributed by atoms with van der Waals surface area (Å²) in [5.74, 6) is 0.858. The van der Waals surface area contributed by atoms with Crippen LogP contribution in [0.2, 0.25) is 5.15 Å². The van der Waals surface area contributed by atoms with Gasteiger partial charge in [-0.1, -0.05) is 11.6 Å². The summed E-state index contributed by atoms with van der Waals surface area (Å²) in [7, 11) is 1.87. The smallest absolute Gasteiger partial charge is 0.131 e. The molecule has 0 aliphatic heterocycles. The van der Waals surface area contributed by atoms with Crippen molar-refractivity contribution in [2.24, 2.45) is 7.05 Å². The molecule has 0 amide bonds. The van der Waals surface area contributed by atoms with E-state index in [1.807, 2.05) is 17.7 Å². The van der Waals surface area contributed by atoms with Gasteiger partial charge in [-0.2, -0.15) is 5.10 Å². The molecular formula is C8H7Br2ClN4. The summed E-state index contributed by atoms with van der Waals surface area (Å²) in [5, 5.41) is 4.86. The zero-order valence-corrected chi connectivity index (χ0v) is 11.7. The average Bonchev–Trinajstić information content (AvgIpc) is 2.64. The number of halogens is 3. The zero-order valence-electron chi connectivity index (χ0n) is 7.78. The van der Waals surface area contributed by atoms with E-state index in [4.69, 9.17) is 11.6 Å². The standard InChI is InChI=1S/C8H7Br2ClN4/c1-14-7(11)3-12-8(14)4-15-6(10)2-5(9)13-15/h2-3H,4H2,1H3. The molecule has 0 atom stereocenters. The zero-order chi connectivity index (χ0) is 11.0. The van der Waals surface area contributed by atoms with E-state index < -0.39 is 0 Å². The molecule has 2 aromatic rings. The number of nitrogens with zero attached hydrogens (tertiary/aromatic N) is 4. The van der Waals surface area contributed by atoms with E-state index in [-0.39, 0.29) is 0 Å². The molecule has 2 rings (SSSR count). The lowest BCUT2D eigenvalue weighted by Crippen LogP contribution is -2.07. The molecule has 2 aromatic heterocycles. The largest absolute Gasteiger partial charge is 0.321 e. The van der Waals surface area contributed by atoms with Gasteiger partial charge in [-0.25, -0.2) is 9.67 Å². The Morgan fingerprint density at radius 2 is 2.20 bits per heavy atom. The second-order valence-corrected chi connectivity index (χ2v) is 5.02. The van der Waals surface area contributed by atoms with Gasteiger partial charge in [-0.3, -0.25) is 0 Å². The summed E-state index contributed by atoms with van der Waals surface area (Å²) in [5.41, 5.74) is 0. The molecule has 2 heterocycles. The van der Waals surface area contributed by atoms with Gasteiger partial charge in [0.15, 0.2) is 0 Å². The lowest BCUT2D eigenvalue weighted by molar-refractivity contribution is 0.618. The fraction of sp³-hybridized carbons (Fsp3) is 0.250. The highest BCUT2D eigenvalue weighted by molar-refractivity contribution is 9.11. The number of hydrogen-bond donors (Lipinski definition) is 0. The Morgan fingerprint density at radius 1 is 1.47 bits per heavy atom. The Morgan fingerprint density at radius 3 is 2.67 bits per heavy atom. The second-order valence-electron chi connectivity index (χ2n) is 3.00. The van der Waals surface area contributed by atoms with E-state index in [0.717, 1.165) is 15.0 Å². The first-order chi connectivity index (χ1) is 7.08. The normalized spacial score (nSPS) is 10.9. The lowest BCUT2D eigenvalue weighted by Gasteiger charge is -2.03. The average molecular weight is 354 g/mol. The minimum Gasteiger partial charge on any atom is -0.321 e. The predicted octanol–water partition coefficient (Wildman–Crippen LogP) is 2.84. The molecule has 0 bridgehead atoms. The molecule has 4 nitrogen and oxygen atoms in total. The monoisotopic (exact) mass is 352 g/mol. The number of hydrogen-bond acceptors (Lipinski definition) is 2. The molecule has 0 unspecified atom stereocenters. The molecule has 7 heteroatoms. The van der Waals surface area contributed by atoms with Crippen LogP contribution >= 0.6 is 43.5 Å². The van der Waals surface area contributed by atoms with E-state index in [2.05, 4.69) is 41.9 Å². The minimum absolute atomic E-state index is 0.579. The predicted molar refractivity (Wildman–Crippen MR) is 64.9 cm³/mol. The molecule has 0 fully saturated rings. The van der Waals surface area contributed by atoms with Crippen molar-refractivity contribution in [2.45, 2.75) is 6.54 Å². The summed E-state index contributed by atoms with van der Waals surface area (Å²) in [6, 6.07) is 1.88. The fourth-order valence-corrected chi connectivity index (χ4v) is 2.46. The van der Waals surface area contributed by atoms with Crippen molar-refractivity contribution < 1.29 is 0 Å². The molecule has 0 spiro atoms. The van der Waals surface area contributed by atoms with E-state index >= 15 is 0 Å². The van der Waals surface area contributed by atoms with Gasteiger partial charge in [0.1, 0.15) is 26.7 Å². The van der Waals surface area contributed by atoms with Crippen LogP contribution in [-0.4, -0.2) is 19.3 Å². The molecule has 15 heavy (non-hydrogen) atoms. The van der Waals surface area contributed by atoms with Crippen molar-refractivity contribution in [2.75, 3.05) is 0 Å². The summed E-state index contributed by atoms with van der Waals surface area (Å²) in [6.07, 6.45) is 1.63. The maximum Gasteiger partial charge on any atom is 0.131 e. The van der Waals surface area contributed by atoms with Crippen LogP contribution in [0, 0.1) is 0 Å². The molecule has 0 radical (unpaired) electrons. The van der Waals surface area contributed by atoms with Gasteiger partial charge in [0.25, 0.3) is 0 Å². The molecular weight excluding hydrogens is 347 g/mol. The molecule has 0 saturated heterocycles. The highest BCUT2D eigenvalue weighted by Gasteiger charge is 2.08. The first kappa shape index (κ1) is 11.2. The third kappa shape index (κ3) is 2.26. The SMILES string of the molecule is Cn1c(Cl)cnc1Cn1nc(Br)cc1Br. The molecule has 80 valence electrons. The first-order valence-corrected chi connectivity index (χ1v) is 6.09. The third-order valence-electron chi connectivity index (χ3n) is 2.02. The van der Waals surface area contributed by atoms with Crippen molar-refractivity contribution in [3.05, 3.63) is 32.4 Å². The van der Waals surface area contributed by atoms with Crippen LogP contribution in [0.3, 0.4) is 0 Å². The summed E-state index contributed by atoms with van der Waals surface area (Å²) < 4.78 is 5.30. The molecule has 0 N–H and O–H groups in total. The van der Waals surface area contributed by atoms with Crippen LogP contribution in [0.25, 0.3) is 0 Å². The Bertz CT molecular complexity index is 491. The van der Waals surface area contributed by atoms with Crippen LogP contribution < -0.4 is 0 Å². The van der Waals surface area contributed by atoms with Crippen LogP contribution in [0.4, 0.5) is 0 Å². The highest BCUT2D eigenvalue weighted by Crippen LogP contribution is 2.18. The van der Waals surface area contributed by atoms with E-state index in [9.17, 15) is 0 Å². The topological polar surface area (TPSA) is 35.6 Å². The Balaban J connectivity index is 2.29. The Hall–Kier alpha value is -0.330. The van der Waals surface area contributed by atoms with E-state index in [1.165, 1.54) is 0 Å². The minimum atomic E-state index is 0.579. The van der Waals surface area contributed by atoms with Gasteiger partial charge in [-0.15, -0.1) is 0 Å². The van der Waals surface area contributed by atoms with Gasteiger partial charge in [0, 0.05) is 13.1 Å².